The van der Waals surface area contributed by atoms with Crippen LogP contribution in [0.1, 0.15) is 16.1 Å². The topological polar surface area (TPSA) is 93.8 Å². The molecular weight excluding hydrogens is 561 g/mol. The van der Waals surface area contributed by atoms with Crippen LogP contribution in [0.4, 0.5) is 18.9 Å². The van der Waals surface area contributed by atoms with Crippen molar-refractivity contribution < 1.29 is 31.1 Å². The number of nitrogens with zero attached hydrogens (tertiary/aromatic N) is 4. The highest BCUT2D eigenvalue weighted by Gasteiger charge is 2.33. The fourth-order valence-electron chi connectivity index (χ4n) is 4.66. The van der Waals surface area contributed by atoms with Crippen LogP contribution in [0, 0.1) is 0 Å². The molecule has 9 nitrogen and oxygen atoms in total. The fraction of sp³-hybridized carbons (Fsp3) is 0.214. The number of alkyl halides is 3. The van der Waals surface area contributed by atoms with Crippen LogP contribution in [-0.4, -0.2) is 61.1 Å². The second-order valence-electron chi connectivity index (χ2n) is 9.28. The van der Waals surface area contributed by atoms with Gasteiger partial charge in [0.1, 0.15) is 11.4 Å². The molecule has 5 rings (SSSR count). The van der Waals surface area contributed by atoms with Gasteiger partial charge in [0.2, 0.25) is 0 Å². The quantitative estimate of drug-likeness (QED) is 0.341. The highest BCUT2D eigenvalue weighted by Crippen LogP contribution is 2.32. The van der Waals surface area contributed by atoms with E-state index in [1.54, 1.807) is 47.4 Å². The molecule has 0 spiro atoms. The minimum atomic E-state index is -4.48. The normalized spacial score (nSPS) is 14.2. The second kappa shape index (κ2) is 10.8. The number of halogens is 3. The first kappa shape index (κ1) is 28.0. The molecule has 3 aromatic carbocycles. The predicted molar refractivity (Wildman–Crippen MR) is 145 cm³/mol. The number of anilines is 1. The van der Waals surface area contributed by atoms with Crippen molar-refractivity contribution in [3.8, 4) is 11.4 Å². The Bertz CT molecular complexity index is 1740. The van der Waals surface area contributed by atoms with E-state index in [-0.39, 0.29) is 42.5 Å². The molecule has 0 atom stereocenters. The molecule has 214 valence electrons. The number of methoxy groups -OCH3 is 1. The molecule has 2 heterocycles. The molecule has 13 heteroatoms. The average molecular weight is 587 g/mol. The van der Waals surface area contributed by atoms with E-state index in [0.717, 1.165) is 22.9 Å². The fourth-order valence-corrected chi connectivity index (χ4v) is 5.93. The van der Waals surface area contributed by atoms with Crippen LogP contribution >= 0.6 is 0 Å². The van der Waals surface area contributed by atoms with E-state index in [0.29, 0.717) is 15.3 Å². The van der Waals surface area contributed by atoms with Crippen LogP contribution in [0.25, 0.3) is 5.69 Å². The first-order valence-corrected chi connectivity index (χ1v) is 14.0. The van der Waals surface area contributed by atoms with Gasteiger partial charge in [-0.25, -0.2) is 13.2 Å². The summed E-state index contributed by atoms with van der Waals surface area (Å²) in [4.78, 5) is 30.3. The Morgan fingerprint density at radius 1 is 0.854 bits per heavy atom. The molecule has 41 heavy (non-hydrogen) atoms. The molecule has 0 aliphatic carbocycles. The van der Waals surface area contributed by atoms with Crippen LogP contribution in [-0.2, 0) is 16.2 Å². The zero-order valence-corrected chi connectivity index (χ0v) is 22.6. The van der Waals surface area contributed by atoms with E-state index < -0.39 is 33.4 Å². The van der Waals surface area contributed by atoms with Crippen molar-refractivity contribution in [2.24, 2.45) is 0 Å². The Balaban J connectivity index is 1.47. The molecule has 4 aromatic rings. The van der Waals surface area contributed by atoms with E-state index in [1.807, 2.05) is 0 Å². The molecule has 0 saturated carbocycles. The second-order valence-corrected chi connectivity index (χ2v) is 11.1. The lowest BCUT2D eigenvalue weighted by atomic mass is 10.1. The minimum absolute atomic E-state index is 0.145. The van der Waals surface area contributed by atoms with E-state index in [2.05, 4.69) is 0 Å². The van der Waals surface area contributed by atoms with Crippen LogP contribution in [0.5, 0.6) is 5.75 Å². The van der Waals surface area contributed by atoms with Crippen LogP contribution in [0.3, 0.4) is 0 Å². The summed E-state index contributed by atoms with van der Waals surface area (Å²) in [6.07, 6.45) is -3.47. The Labute approximate surface area is 233 Å². The van der Waals surface area contributed by atoms with Gasteiger partial charge in [-0.2, -0.15) is 17.1 Å². The standard InChI is InChI=1S/C28H25F3N4O5S/c1-40-23-11-6-12-24(18-23)41(38,39)34-19-25(35(27(34)37)21-8-3-2-4-9-21)26(36)33-15-13-32(14-16-33)22-10-5-7-20(17-22)28(29,30)31/h2-12,17-19H,13-16H2,1H3. The van der Waals surface area contributed by atoms with Crippen molar-refractivity contribution in [3.05, 3.63) is 107 Å². The number of piperazine rings is 1. The van der Waals surface area contributed by atoms with Gasteiger partial charge < -0.3 is 14.5 Å². The number of aromatic nitrogens is 2. The lowest BCUT2D eigenvalue weighted by Gasteiger charge is -2.36. The number of rotatable bonds is 6. The predicted octanol–water partition coefficient (Wildman–Crippen LogP) is 3.87. The van der Waals surface area contributed by atoms with Gasteiger partial charge >= 0.3 is 11.9 Å². The van der Waals surface area contributed by atoms with Crippen LogP contribution in [0.2, 0.25) is 0 Å². The maximum absolute atomic E-state index is 13.7. The number of benzene rings is 3. The van der Waals surface area contributed by atoms with Gasteiger partial charge in [0.25, 0.3) is 15.9 Å². The summed E-state index contributed by atoms with van der Waals surface area (Å²) in [6.45, 7) is 0.772. The average Bonchev–Trinajstić information content (AvgIpc) is 3.34. The number of imidazole rings is 1. The van der Waals surface area contributed by atoms with Crippen molar-refractivity contribution in [1.82, 2.24) is 13.4 Å². The summed E-state index contributed by atoms with van der Waals surface area (Å²) in [6, 6.07) is 18.8. The lowest BCUT2D eigenvalue weighted by Crippen LogP contribution is -2.49. The maximum Gasteiger partial charge on any atom is 0.416 e. The number of para-hydroxylation sites is 1. The van der Waals surface area contributed by atoms with E-state index in [1.165, 1.54) is 36.3 Å². The van der Waals surface area contributed by atoms with Crippen molar-refractivity contribution >= 4 is 21.6 Å². The molecule has 1 amide bonds. The third-order valence-corrected chi connectivity index (χ3v) is 8.43. The molecular formula is C28H25F3N4O5S. The van der Waals surface area contributed by atoms with Crippen molar-refractivity contribution in [3.63, 3.8) is 0 Å². The lowest BCUT2D eigenvalue weighted by molar-refractivity contribution is -0.137. The molecule has 1 aliphatic rings. The van der Waals surface area contributed by atoms with Gasteiger partial charge in [0, 0.05) is 37.9 Å². The molecule has 0 N–H and O–H groups in total. The third-order valence-electron chi connectivity index (χ3n) is 6.80. The molecule has 1 aromatic heterocycles. The zero-order chi connectivity index (χ0) is 29.4. The van der Waals surface area contributed by atoms with Crippen molar-refractivity contribution in [1.29, 1.82) is 0 Å². The summed E-state index contributed by atoms with van der Waals surface area (Å²) in [5.41, 5.74) is -1.21. The molecule has 0 unspecified atom stereocenters. The molecule has 1 saturated heterocycles. The van der Waals surface area contributed by atoms with Crippen molar-refractivity contribution in [2.75, 3.05) is 38.2 Å². The molecule has 0 bridgehead atoms. The minimum Gasteiger partial charge on any atom is -0.497 e. The number of carbonyl (C=O) groups excluding carboxylic acids is 1. The van der Waals surface area contributed by atoms with Gasteiger partial charge in [0.05, 0.1) is 29.5 Å². The third kappa shape index (κ3) is 5.44. The first-order valence-electron chi connectivity index (χ1n) is 12.5. The summed E-state index contributed by atoms with van der Waals surface area (Å²) < 4.78 is 73.2. The Hall–Kier alpha value is -4.52. The SMILES string of the molecule is COc1cccc(S(=O)(=O)n2cc(C(=O)N3CCN(c4cccc(C(F)(F)F)c4)CC3)n(-c3ccccc3)c2=O)c1. The highest BCUT2D eigenvalue weighted by atomic mass is 32.2. The van der Waals surface area contributed by atoms with Crippen molar-refractivity contribution in [2.45, 2.75) is 11.1 Å². The Morgan fingerprint density at radius 2 is 1.51 bits per heavy atom. The summed E-state index contributed by atoms with van der Waals surface area (Å²) >= 11 is 0. The van der Waals surface area contributed by atoms with Gasteiger partial charge in [-0.15, -0.1) is 0 Å². The van der Waals surface area contributed by atoms with E-state index in [4.69, 9.17) is 4.74 Å². The molecule has 1 aliphatic heterocycles. The first-order chi connectivity index (χ1) is 19.5. The zero-order valence-electron chi connectivity index (χ0n) is 21.8. The highest BCUT2D eigenvalue weighted by molar-refractivity contribution is 7.90. The van der Waals surface area contributed by atoms with E-state index in [9.17, 15) is 31.2 Å². The molecule has 1 fully saturated rings. The molecule has 0 radical (unpaired) electrons. The monoisotopic (exact) mass is 586 g/mol. The van der Waals surface area contributed by atoms with Gasteiger partial charge in [0.15, 0.2) is 0 Å². The van der Waals surface area contributed by atoms with Gasteiger partial charge in [-0.1, -0.05) is 30.3 Å². The maximum atomic E-state index is 13.7. The smallest absolute Gasteiger partial charge is 0.416 e. The van der Waals surface area contributed by atoms with Crippen LogP contribution < -0.4 is 15.3 Å². The van der Waals surface area contributed by atoms with E-state index >= 15 is 0 Å². The Morgan fingerprint density at radius 3 is 2.17 bits per heavy atom. The number of carbonyl (C=O) groups is 1. The Kier molecular flexibility index (Phi) is 7.39. The number of amides is 1. The summed E-state index contributed by atoms with van der Waals surface area (Å²) in [5, 5.41) is 0. The number of ether oxygens (including phenoxy) is 1. The largest absolute Gasteiger partial charge is 0.497 e. The number of hydrogen-bond acceptors (Lipinski definition) is 6. The number of hydrogen-bond donors (Lipinski definition) is 0. The summed E-state index contributed by atoms with van der Waals surface area (Å²) in [7, 11) is -3.02. The van der Waals surface area contributed by atoms with Crippen LogP contribution in [0.15, 0.2) is 94.7 Å². The van der Waals surface area contributed by atoms with Gasteiger partial charge in [-0.05, 0) is 42.5 Å². The van der Waals surface area contributed by atoms with Gasteiger partial charge in [-0.3, -0.25) is 9.36 Å². The summed E-state index contributed by atoms with van der Waals surface area (Å²) in [5.74, 6) is -0.314.